The van der Waals surface area contributed by atoms with E-state index in [9.17, 15) is 14.7 Å². The first-order valence-corrected chi connectivity index (χ1v) is 6.60. The SMILES string of the molecule is CC(=O)Nc1ccc(Oc2ccc(NC(C)=O)cc2O)cc1. The Hall–Kier alpha value is -3.02. The summed E-state index contributed by atoms with van der Waals surface area (Å²) in [5, 5.41) is 15.1. The fraction of sp³-hybridized carbons (Fsp3) is 0.125. The molecule has 0 aromatic heterocycles. The van der Waals surface area contributed by atoms with Crippen LogP contribution in [-0.2, 0) is 9.59 Å². The molecule has 2 rings (SSSR count). The van der Waals surface area contributed by atoms with Crippen molar-refractivity contribution in [2.24, 2.45) is 0 Å². The van der Waals surface area contributed by atoms with Gasteiger partial charge in [-0.1, -0.05) is 0 Å². The maximum Gasteiger partial charge on any atom is 0.221 e. The number of rotatable bonds is 4. The van der Waals surface area contributed by atoms with Gasteiger partial charge in [0.15, 0.2) is 11.5 Å². The van der Waals surface area contributed by atoms with E-state index in [0.29, 0.717) is 17.1 Å². The number of nitrogens with one attached hydrogen (secondary N) is 2. The Morgan fingerprint density at radius 2 is 1.45 bits per heavy atom. The molecule has 0 heterocycles. The molecule has 3 N–H and O–H groups in total. The zero-order chi connectivity index (χ0) is 16.1. The number of carbonyl (C=O) groups excluding carboxylic acids is 2. The van der Waals surface area contributed by atoms with E-state index in [2.05, 4.69) is 10.6 Å². The Balaban J connectivity index is 2.10. The van der Waals surface area contributed by atoms with Crippen LogP contribution in [0.5, 0.6) is 17.2 Å². The van der Waals surface area contributed by atoms with Crippen molar-refractivity contribution >= 4 is 23.2 Å². The van der Waals surface area contributed by atoms with Crippen molar-refractivity contribution in [3.05, 3.63) is 42.5 Å². The van der Waals surface area contributed by atoms with E-state index in [-0.39, 0.29) is 23.3 Å². The first-order chi connectivity index (χ1) is 10.4. The molecule has 0 bridgehead atoms. The third kappa shape index (κ3) is 4.24. The van der Waals surface area contributed by atoms with Crippen molar-refractivity contribution in [2.75, 3.05) is 10.6 Å². The molecule has 6 nitrogen and oxygen atoms in total. The van der Waals surface area contributed by atoms with Crippen molar-refractivity contribution in [3.8, 4) is 17.2 Å². The third-order valence-corrected chi connectivity index (χ3v) is 2.68. The Labute approximate surface area is 127 Å². The zero-order valence-electron chi connectivity index (χ0n) is 12.2. The Bertz CT molecular complexity index is 696. The minimum Gasteiger partial charge on any atom is -0.504 e. The van der Waals surface area contributed by atoms with Gasteiger partial charge in [0.1, 0.15) is 5.75 Å². The van der Waals surface area contributed by atoms with Gasteiger partial charge in [-0.25, -0.2) is 0 Å². The Kier molecular flexibility index (Phi) is 4.63. The van der Waals surface area contributed by atoms with Crippen LogP contribution in [0.4, 0.5) is 11.4 Å². The lowest BCUT2D eigenvalue weighted by Gasteiger charge is -2.10. The predicted octanol–water partition coefficient (Wildman–Crippen LogP) is 3.10. The van der Waals surface area contributed by atoms with Crippen molar-refractivity contribution in [1.82, 2.24) is 0 Å². The molecule has 0 fully saturated rings. The molecule has 114 valence electrons. The molecule has 2 aromatic rings. The van der Waals surface area contributed by atoms with E-state index < -0.39 is 0 Å². The van der Waals surface area contributed by atoms with Gasteiger partial charge in [-0.05, 0) is 36.4 Å². The predicted molar refractivity (Wildman–Crippen MR) is 83.2 cm³/mol. The highest BCUT2D eigenvalue weighted by atomic mass is 16.5. The molecule has 6 heteroatoms. The summed E-state index contributed by atoms with van der Waals surface area (Å²) in [7, 11) is 0. The number of anilines is 2. The van der Waals surface area contributed by atoms with Crippen molar-refractivity contribution < 1.29 is 19.4 Å². The molecular weight excluding hydrogens is 284 g/mol. The lowest BCUT2D eigenvalue weighted by Crippen LogP contribution is -2.05. The van der Waals surface area contributed by atoms with Gasteiger partial charge in [0.05, 0.1) is 0 Å². The second kappa shape index (κ2) is 6.62. The van der Waals surface area contributed by atoms with Crippen LogP contribution >= 0.6 is 0 Å². The number of phenolic OH excluding ortho intramolecular Hbond substituents is 1. The topological polar surface area (TPSA) is 87.7 Å². The molecule has 0 atom stereocenters. The summed E-state index contributed by atoms with van der Waals surface area (Å²) in [6.07, 6.45) is 0. The lowest BCUT2D eigenvalue weighted by molar-refractivity contribution is -0.115. The minimum absolute atomic E-state index is 0.0859. The largest absolute Gasteiger partial charge is 0.504 e. The van der Waals surface area contributed by atoms with Gasteiger partial charge in [-0.2, -0.15) is 0 Å². The molecule has 0 unspecified atom stereocenters. The first-order valence-electron chi connectivity index (χ1n) is 6.60. The monoisotopic (exact) mass is 300 g/mol. The van der Waals surface area contributed by atoms with Gasteiger partial charge < -0.3 is 20.5 Å². The van der Waals surface area contributed by atoms with Crippen LogP contribution in [-0.4, -0.2) is 16.9 Å². The fourth-order valence-electron chi connectivity index (χ4n) is 1.82. The average molecular weight is 300 g/mol. The molecule has 0 saturated carbocycles. The third-order valence-electron chi connectivity index (χ3n) is 2.68. The second-order valence-corrected chi connectivity index (χ2v) is 4.67. The lowest BCUT2D eigenvalue weighted by atomic mass is 10.2. The number of ether oxygens (including phenoxy) is 1. The highest BCUT2D eigenvalue weighted by Crippen LogP contribution is 2.33. The number of hydrogen-bond acceptors (Lipinski definition) is 4. The quantitative estimate of drug-likeness (QED) is 0.809. The van der Waals surface area contributed by atoms with E-state index in [1.807, 2.05) is 0 Å². The zero-order valence-corrected chi connectivity index (χ0v) is 12.2. The van der Waals surface area contributed by atoms with E-state index in [4.69, 9.17) is 4.74 Å². The summed E-state index contributed by atoms with van der Waals surface area (Å²) in [6, 6.07) is 11.3. The van der Waals surface area contributed by atoms with Gasteiger partial charge >= 0.3 is 0 Å². The maximum atomic E-state index is 11.0. The molecule has 22 heavy (non-hydrogen) atoms. The summed E-state index contributed by atoms with van der Waals surface area (Å²) in [6.45, 7) is 2.82. The number of benzene rings is 2. The number of phenols is 1. The van der Waals surface area contributed by atoms with Crippen LogP contribution in [0, 0.1) is 0 Å². The second-order valence-electron chi connectivity index (χ2n) is 4.67. The standard InChI is InChI=1S/C16H16N2O4/c1-10(19)17-12-3-6-14(7-4-12)22-16-8-5-13(9-15(16)21)18-11(2)20/h3-9,21H,1-2H3,(H,17,19)(H,18,20). The van der Waals surface area contributed by atoms with Gasteiger partial charge in [0, 0.05) is 31.3 Å². The molecule has 0 spiro atoms. The van der Waals surface area contributed by atoms with E-state index in [1.165, 1.54) is 19.9 Å². The maximum absolute atomic E-state index is 11.0. The molecule has 2 amide bonds. The summed E-state index contributed by atoms with van der Waals surface area (Å²) >= 11 is 0. The average Bonchev–Trinajstić information content (AvgIpc) is 2.42. The number of carbonyl (C=O) groups is 2. The molecule has 0 aliphatic heterocycles. The van der Waals surface area contributed by atoms with E-state index >= 15 is 0 Å². The van der Waals surface area contributed by atoms with Gasteiger partial charge in [0.25, 0.3) is 0 Å². The van der Waals surface area contributed by atoms with Crippen LogP contribution in [0.25, 0.3) is 0 Å². The van der Waals surface area contributed by atoms with Gasteiger partial charge in [-0.15, -0.1) is 0 Å². The summed E-state index contributed by atoms with van der Waals surface area (Å²) in [5.74, 6) is 0.316. The highest BCUT2D eigenvalue weighted by Gasteiger charge is 2.06. The van der Waals surface area contributed by atoms with Crippen molar-refractivity contribution in [1.29, 1.82) is 0 Å². The number of hydrogen-bond donors (Lipinski definition) is 3. The van der Waals surface area contributed by atoms with E-state index in [1.54, 1.807) is 36.4 Å². The number of aromatic hydroxyl groups is 1. The van der Waals surface area contributed by atoms with Crippen molar-refractivity contribution in [2.45, 2.75) is 13.8 Å². The van der Waals surface area contributed by atoms with Gasteiger partial charge in [0.2, 0.25) is 11.8 Å². The van der Waals surface area contributed by atoms with Crippen LogP contribution < -0.4 is 15.4 Å². The van der Waals surface area contributed by atoms with Crippen LogP contribution in [0.1, 0.15) is 13.8 Å². The molecular formula is C16H16N2O4. The molecule has 2 aromatic carbocycles. The molecule has 0 aliphatic rings. The van der Waals surface area contributed by atoms with Gasteiger partial charge in [-0.3, -0.25) is 9.59 Å². The Morgan fingerprint density at radius 3 is 2.00 bits per heavy atom. The molecule has 0 aliphatic carbocycles. The van der Waals surface area contributed by atoms with Crippen LogP contribution in [0.3, 0.4) is 0 Å². The highest BCUT2D eigenvalue weighted by molar-refractivity contribution is 5.89. The Morgan fingerprint density at radius 1 is 0.909 bits per heavy atom. The summed E-state index contributed by atoms with van der Waals surface area (Å²) < 4.78 is 5.55. The van der Waals surface area contributed by atoms with E-state index in [0.717, 1.165) is 0 Å². The molecule has 0 radical (unpaired) electrons. The molecule has 0 saturated heterocycles. The minimum atomic E-state index is -0.221. The number of amides is 2. The summed E-state index contributed by atoms with van der Waals surface area (Å²) in [5.41, 5.74) is 1.14. The van der Waals surface area contributed by atoms with Crippen LogP contribution in [0.2, 0.25) is 0 Å². The summed E-state index contributed by atoms with van der Waals surface area (Å²) in [4.78, 5) is 21.9. The smallest absolute Gasteiger partial charge is 0.221 e. The van der Waals surface area contributed by atoms with Crippen LogP contribution in [0.15, 0.2) is 42.5 Å². The van der Waals surface area contributed by atoms with Crippen molar-refractivity contribution in [3.63, 3.8) is 0 Å². The normalized spacial score (nSPS) is 9.91. The fourth-order valence-corrected chi connectivity index (χ4v) is 1.82. The first kappa shape index (κ1) is 15.4.